The van der Waals surface area contributed by atoms with E-state index in [0.717, 1.165) is 12.1 Å². The lowest BCUT2D eigenvalue weighted by molar-refractivity contribution is -0.153. The van der Waals surface area contributed by atoms with E-state index < -0.39 is 35.4 Å². The Labute approximate surface area is 147 Å². The van der Waals surface area contributed by atoms with Crippen molar-refractivity contribution in [3.63, 3.8) is 0 Å². The molecule has 0 bridgehead atoms. The second-order valence-corrected chi connectivity index (χ2v) is 5.67. The molecule has 1 unspecified atom stereocenters. The van der Waals surface area contributed by atoms with E-state index in [-0.39, 0.29) is 23.7 Å². The smallest absolute Gasteiger partial charge is 0.325 e. The summed E-state index contributed by atoms with van der Waals surface area (Å²) in [6.07, 6.45) is 0.351. The Morgan fingerprint density at radius 2 is 1.92 bits per heavy atom. The summed E-state index contributed by atoms with van der Waals surface area (Å²) < 4.78 is 0. The first-order valence-electron chi connectivity index (χ1n) is 7.38. The van der Waals surface area contributed by atoms with Gasteiger partial charge < -0.3 is 25.2 Å². The molecule has 3 N–H and O–H groups in total. The Morgan fingerprint density at radius 3 is 2.52 bits per heavy atom. The van der Waals surface area contributed by atoms with Gasteiger partial charge in [-0.05, 0) is 13.0 Å². The molecule has 1 aliphatic heterocycles. The van der Waals surface area contributed by atoms with Crippen molar-refractivity contribution in [2.75, 3.05) is 19.6 Å². The predicted molar refractivity (Wildman–Crippen MR) is 86.1 cm³/mol. The number of hydrogen-bond acceptors (Lipinski definition) is 6. The molecule has 1 saturated heterocycles. The number of imide groups is 1. The summed E-state index contributed by atoms with van der Waals surface area (Å²) in [5.41, 5.74) is 0.0336. The number of urea groups is 1. The van der Waals surface area contributed by atoms with Gasteiger partial charge in [-0.25, -0.2) is 4.79 Å². The second kappa shape index (κ2) is 7.39. The summed E-state index contributed by atoms with van der Waals surface area (Å²) in [6.45, 7) is 2.24. The van der Waals surface area contributed by atoms with Gasteiger partial charge in [-0.1, -0.05) is 11.6 Å². The molecule has 9 nitrogen and oxygen atoms in total. The number of phenols is 2. The molecular formula is C15H16ClN3O6. The first-order valence-corrected chi connectivity index (χ1v) is 7.75. The molecule has 1 aliphatic rings. The number of piperazine rings is 1. The van der Waals surface area contributed by atoms with Gasteiger partial charge in [0.2, 0.25) is 0 Å². The molecule has 1 aromatic carbocycles. The van der Waals surface area contributed by atoms with Gasteiger partial charge in [-0.3, -0.25) is 14.5 Å². The standard InChI is InChI=1S/C15H16ClN3O6/c1-2-18-3-4-19(14(24)13(18)23)15(25)17-10(7-20)8-5-11(21)12(22)6-9(8)16/h5-7,10,21-22H,2-4H2,1H3,(H,17,25). The number of carbonyl (C=O) groups is 4. The molecule has 2 rings (SSSR count). The number of amides is 4. The molecular weight excluding hydrogens is 354 g/mol. The molecule has 1 aromatic rings. The fraction of sp³-hybridized carbons (Fsp3) is 0.333. The lowest BCUT2D eigenvalue weighted by Crippen LogP contribution is -2.58. The number of benzene rings is 1. The van der Waals surface area contributed by atoms with Crippen molar-refractivity contribution in [3.05, 3.63) is 22.7 Å². The van der Waals surface area contributed by atoms with Crippen LogP contribution in [-0.4, -0.2) is 63.8 Å². The van der Waals surface area contributed by atoms with Crippen LogP contribution in [0.25, 0.3) is 0 Å². The number of aldehydes is 1. The van der Waals surface area contributed by atoms with E-state index in [9.17, 15) is 29.4 Å². The van der Waals surface area contributed by atoms with Gasteiger partial charge in [0, 0.05) is 31.3 Å². The Bertz CT molecular complexity index is 738. The van der Waals surface area contributed by atoms with E-state index in [1.165, 1.54) is 4.90 Å². The molecule has 0 radical (unpaired) electrons. The summed E-state index contributed by atoms with van der Waals surface area (Å²) in [5, 5.41) is 21.1. The van der Waals surface area contributed by atoms with Gasteiger partial charge in [0.1, 0.15) is 12.3 Å². The topological polar surface area (TPSA) is 127 Å². The minimum absolute atomic E-state index is 0.00954. The van der Waals surface area contributed by atoms with E-state index in [0.29, 0.717) is 17.7 Å². The third-order valence-electron chi connectivity index (χ3n) is 3.78. The number of aromatic hydroxyl groups is 2. The van der Waals surface area contributed by atoms with Crippen LogP contribution in [0.5, 0.6) is 11.5 Å². The zero-order valence-electron chi connectivity index (χ0n) is 13.2. The molecule has 1 heterocycles. The number of likely N-dealkylation sites (N-methyl/N-ethyl adjacent to an activating group) is 1. The van der Waals surface area contributed by atoms with E-state index in [4.69, 9.17) is 11.6 Å². The monoisotopic (exact) mass is 369 g/mol. The lowest BCUT2D eigenvalue weighted by Gasteiger charge is -2.32. The first-order chi connectivity index (χ1) is 11.8. The average molecular weight is 370 g/mol. The maximum absolute atomic E-state index is 12.3. The summed E-state index contributed by atoms with van der Waals surface area (Å²) in [6, 6.07) is -0.170. The minimum atomic E-state index is -1.28. The minimum Gasteiger partial charge on any atom is -0.504 e. The molecule has 1 atom stereocenters. The van der Waals surface area contributed by atoms with Crippen LogP contribution in [-0.2, 0) is 14.4 Å². The molecule has 4 amide bonds. The average Bonchev–Trinajstić information content (AvgIpc) is 2.58. The van der Waals surface area contributed by atoms with Crippen molar-refractivity contribution in [3.8, 4) is 11.5 Å². The number of phenolic OH excluding ortho intramolecular Hbond substituents is 2. The SMILES string of the molecule is CCN1CCN(C(=O)NC(C=O)c2cc(O)c(O)cc2Cl)C(=O)C1=O. The zero-order chi connectivity index (χ0) is 18.7. The fourth-order valence-electron chi connectivity index (χ4n) is 2.37. The van der Waals surface area contributed by atoms with E-state index >= 15 is 0 Å². The Kier molecular flexibility index (Phi) is 5.48. The largest absolute Gasteiger partial charge is 0.504 e. The highest BCUT2D eigenvalue weighted by molar-refractivity contribution is 6.38. The van der Waals surface area contributed by atoms with Crippen molar-refractivity contribution < 1.29 is 29.4 Å². The predicted octanol–water partition coefficient (Wildman–Crippen LogP) is 0.391. The highest BCUT2D eigenvalue weighted by atomic mass is 35.5. The molecule has 0 saturated carbocycles. The molecule has 0 aliphatic carbocycles. The lowest BCUT2D eigenvalue weighted by atomic mass is 10.1. The quantitative estimate of drug-likeness (QED) is 0.400. The van der Waals surface area contributed by atoms with Gasteiger partial charge in [0.15, 0.2) is 11.5 Å². The maximum atomic E-state index is 12.3. The van der Waals surface area contributed by atoms with Crippen LogP contribution < -0.4 is 5.32 Å². The van der Waals surface area contributed by atoms with Gasteiger partial charge in [0.05, 0.1) is 5.02 Å². The number of nitrogens with zero attached hydrogens (tertiary/aromatic N) is 2. The number of nitrogens with one attached hydrogen (secondary N) is 1. The van der Waals surface area contributed by atoms with E-state index in [2.05, 4.69) is 5.32 Å². The number of carbonyl (C=O) groups excluding carboxylic acids is 4. The molecule has 25 heavy (non-hydrogen) atoms. The summed E-state index contributed by atoms with van der Waals surface area (Å²) in [7, 11) is 0. The second-order valence-electron chi connectivity index (χ2n) is 5.27. The van der Waals surface area contributed by atoms with Gasteiger partial charge in [-0.15, -0.1) is 0 Å². The van der Waals surface area contributed by atoms with Crippen LogP contribution >= 0.6 is 11.6 Å². The van der Waals surface area contributed by atoms with Gasteiger partial charge in [0.25, 0.3) is 0 Å². The maximum Gasteiger partial charge on any atom is 0.325 e. The van der Waals surface area contributed by atoms with Crippen LogP contribution in [0.3, 0.4) is 0 Å². The molecule has 1 fully saturated rings. The molecule has 10 heteroatoms. The Morgan fingerprint density at radius 1 is 1.28 bits per heavy atom. The van der Waals surface area contributed by atoms with Gasteiger partial charge in [-0.2, -0.15) is 0 Å². The first kappa shape index (κ1) is 18.5. The highest BCUT2D eigenvalue weighted by Crippen LogP contribution is 2.33. The summed E-state index contributed by atoms with van der Waals surface area (Å²) in [5.74, 6) is -2.80. The number of halogens is 1. The van der Waals surface area contributed by atoms with Crippen molar-refractivity contribution >= 4 is 35.7 Å². The van der Waals surface area contributed by atoms with Crippen LogP contribution in [0.1, 0.15) is 18.5 Å². The van der Waals surface area contributed by atoms with Crippen LogP contribution in [0.2, 0.25) is 5.02 Å². The summed E-state index contributed by atoms with van der Waals surface area (Å²) >= 11 is 5.91. The van der Waals surface area contributed by atoms with Gasteiger partial charge >= 0.3 is 17.8 Å². The molecule has 0 aromatic heterocycles. The van der Waals surface area contributed by atoms with Crippen molar-refractivity contribution in [1.82, 2.24) is 15.1 Å². The Hall–Kier alpha value is -2.81. The number of rotatable bonds is 4. The summed E-state index contributed by atoms with van der Waals surface area (Å²) in [4.78, 5) is 49.4. The zero-order valence-corrected chi connectivity index (χ0v) is 14.0. The number of hydrogen-bond donors (Lipinski definition) is 3. The Balaban J connectivity index is 2.18. The third kappa shape index (κ3) is 3.66. The normalized spacial score (nSPS) is 15.9. The van der Waals surface area contributed by atoms with Crippen LogP contribution in [0.4, 0.5) is 4.79 Å². The van der Waals surface area contributed by atoms with Crippen molar-refractivity contribution in [2.45, 2.75) is 13.0 Å². The van der Waals surface area contributed by atoms with Crippen molar-refractivity contribution in [2.24, 2.45) is 0 Å². The van der Waals surface area contributed by atoms with Crippen molar-refractivity contribution in [1.29, 1.82) is 0 Å². The third-order valence-corrected chi connectivity index (χ3v) is 4.11. The van der Waals surface area contributed by atoms with Crippen LogP contribution in [0.15, 0.2) is 12.1 Å². The van der Waals surface area contributed by atoms with E-state index in [1.54, 1.807) is 6.92 Å². The molecule has 0 spiro atoms. The fourth-order valence-corrected chi connectivity index (χ4v) is 2.65. The highest BCUT2D eigenvalue weighted by Gasteiger charge is 2.36. The van der Waals surface area contributed by atoms with E-state index in [1.807, 2.05) is 0 Å². The van der Waals surface area contributed by atoms with Crippen LogP contribution in [0, 0.1) is 0 Å². The molecule has 134 valence electrons.